The Balaban J connectivity index is 1.56. The van der Waals surface area contributed by atoms with Crippen LogP contribution in [0, 0.1) is 11.3 Å². The number of hydrogen-bond donors (Lipinski definition) is 0. The second-order valence-electron chi connectivity index (χ2n) is 6.40. The molecule has 4 rings (SSSR count). The normalized spacial score (nSPS) is 13.0. The molecule has 1 aliphatic heterocycles. The molecule has 0 atom stereocenters. The molecular formula is C22H17N3O2. The zero-order valence-corrected chi connectivity index (χ0v) is 14.6. The molecule has 1 aromatic heterocycles. The summed E-state index contributed by atoms with van der Waals surface area (Å²) in [4.78, 5) is 18.9. The molecule has 132 valence electrons. The number of carbonyl (C=O) groups is 1. The van der Waals surface area contributed by atoms with E-state index in [-0.39, 0.29) is 5.91 Å². The topological polar surface area (TPSA) is 66.2 Å². The molecule has 1 aliphatic rings. The average Bonchev–Trinajstić information content (AvgIpc) is 2.71. The molecule has 27 heavy (non-hydrogen) atoms. The molecule has 0 N–H and O–H groups in total. The molecule has 0 fully saturated rings. The zero-order valence-electron chi connectivity index (χ0n) is 14.6. The van der Waals surface area contributed by atoms with Crippen molar-refractivity contribution in [2.75, 3.05) is 6.54 Å². The van der Waals surface area contributed by atoms with Gasteiger partial charge in [0, 0.05) is 31.0 Å². The highest BCUT2D eigenvalue weighted by Gasteiger charge is 2.25. The van der Waals surface area contributed by atoms with Gasteiger partial charge in [-0.15, -0.1) is 0 Å². The standard InChI is InChI=1S/C22H17N3O2/c23-13-16-3-1-5-19(11-16)27-20-7-6-18-8-10-25(22(26)21(18)12-20)15-17-4-2-9-24-14-17/h1-7,9,11-12,14H,8,10,15H2. The minimum atomic E-state index is -0.00340. The van der Waals surface area contributed by atoms with Crippen molar-refractivity contribution in [3.63, 3.8) is 0 Å². The predicted octanol–water partition coefficient (Wildman–Crippen LogP) is 3.94. The number of aromatic nitrogens is 1. The first-order valence-corrected chi connectivity index (χ1v) is 8.72. The van der Waals surface area contributed by atoms with Crippen LogP contribution < -0.4 is 4.74 Å². The van der Waals surface area contributed by atoms with Gasteiger partial charge in [0.2, 0.25) is 0 Å². The summed E-state index contributed by atoms with van der Waals surface area (Å²) in [6.45, 7) is 1.23. The Hall–Kier alpha value is -3.65. The van der Waals surface area contributed by atoms with Gasteiger partial charge in [0.05, 0.1) is 11.6 Å². The summed E-state index contributed by atoms with van der Waals surface area (Å²) in [5, 5.41) is 9.01. The van der Waals surface area contributed by atoms with Crippen molar-refractivity contribution in [3.8, 4) is 17.6 Å². The van der Waals surface area contributed by atoms with Gasteiger partial charge < -0.3 is 9.64 Å². The monoisotopic (exact) mass is 355 g/mol. The van der Waals surface area contributed by atoms with Crippen LogP contribution in [0.15, 0.2) is 67.0 Å². The molecule has 2 aromatic carbocycles. The Kier molecular flexibility index (Phi) is 4.54. The number of nitrogens with zero attached hydrogens (tertiary/aromatic N) is 3. The van der Waals surface area contributed by atoms with Crippen molar-refractivity contribution in [1.82, 2.24) is 9.88 Å². The van der Waals surface area contributed by atoms with E-state index in [0.717, 1.165) is 17.5 Å². The maximum Gasteiger partial charge on any atom is 0.254 e. The van der Waals surface area contributed by atoms with E-state index < -0.39 is 0 Å². The Morgan fingerprint density at radius 2 is 2.00 bits per heavy atom. The molecule has 5 heteroatoms. The maximum atomic E-state index is 12.9. The van der Waals surface area contributed by atoms with E-state index in [4.69, 9.17) is 10.00 Å². The maximum absolute atomic E-state index is 12.9. The number of rotatable bonds is 4. The van der Waals surface area contributed by atoms with Crippen molar-refractivity contribution in [2.45, 2.75) is 13.0 Å². The summed E-state index contributed by atoms with van der Waals surface area (Å²) < 4.78 is 5.86. The van der Waals surface area contributed by atoms with Gasteiger partial charge in [-0.2, -0.15) is 5.26 Å². The first kappa shape index (κ1) is 16.8. The van der Waals surface area contributed by atoms with E-state index >= 15 is 0 Å². The molecule has 0 radical (unpaired) electrons. The van der Waals surface area contributed by atoms with Crippen LogP contribution in [0.25, 0.3) is 0 Å². The fourth-order valence-electron chi connectivity index (χ4n) is 3.19. The number of ether oxygens (including phenoxy) is 1. The number of carbonyl (C=O) groups excluding carboxylic acids is 1. The molecule has 0 saturated carbocycles. The van der Waals surface area contributed by atoms with E-state index in [2.05, 4.69) is 11.1 Å². The molecular weight excluding hydrogens is 338 g/mol. The van der Waals surface area contributed by atoms with Crippen LogP contribution in [-0.4, -0.2) is 22.3 Å². The predicted molar refractivity (Wildman–Crippen MR) is 100 cm³/mol. The van der Waals surface area contributed by atoms with Crippen LogP contribution >= 0.6 is 0 Å². The highest BCUT2D eigenvalue weighted by Crippen LogP contribution is 2.28. The van der Waals surface area contributed by atoms with Gasteiger partial charge in [-0.05, 0) is 53.9 Å². The van der Waals surface area contributed by atoms with Crippen LogP contribution in [0.4, 0.5) is 0 Å². The van der Waals surface area contributed by atoms with Gasteiger partial charge in [-0.3, -0.25) is 9.78 Å². The zero-order chi connectivity index (χ0) is 18.6. The SMILES string of the molecule is N#Cc1cccc(Oc2ccc3c(c2)C(=O)N(Cc2cccnc2)CC3)c1. The van der Waals surface area contributed by atoms with Crippen molar-refractivity contribution in [3.05, 3.63) is 89.2 Å². The van der Waals surface area contributed by atoms with Crippen molar-refractivity contribution < 1.29 is 9.53 Å². The molecule has 3 aromatic rings. The van der Waals surface area contributed by atoms with Crippen molar-refractivity contribution in [2.24, 2.45) is 0 Å². The van der Waals surface area contributed by atoms with Gasteiger partial charge in [0.1, 0.15) is 11.5 Å². The lowest BCUT2D eigenvalue weighted by atomic mass is 9.98. The summed E-state index contributed by atoms with van der Waals surface area (Å²) in [6, 6.07) is 18.5. The average molecular weight is 355 g/mol. The van der Waals surface area contributed by atoms with Crippen LogP contribution in [-0.2, 0) is 13.0 Å². The quantitative estimate of drug-likeness (QED) is 0.711. The number of amides is 1. The largest absolute Gasteiger partial charge is 0.457 e. The van der Waals surface area contributed by atoms with Gasteiger partial charge in [0.25, 0.3) is 5.91 Å². The summed E-state index contributed by atoms with van der Waals surface area (Å²) in [5.41, 5.74) is 3.24. The Morgan fingerprint density at radius 3 is 2.81 bits per heavy atom. The number of nitriles is 1. The smallest absolute Gasteiger partial charge is 0.254 e. The highest BCUT2D eigenvalue weighted by atomic mass is 16.5. The summed E-state index contributed by atoms with van der Waals surface area (Å²) in [7, 11) is 0. The highest BCUT2D eigenvalue weighted by molar-refractivity contribution is 5.97. The Morgan fingerprint density at radius 1 is 1.11 bits per heavy atom. The van der Waals surface area contributed by atoms with Crippen LogP contribution in [0.2, 0.25) is 0 Å². The van der Waals surface area contributed by atoms with E-state index in [1.54, 1.807) is 42.7 Å². The van der Waals surface area contributed by atoms with E-state index in [9.17, 15) is 4.79 Å². The fraction of sp³-hybridized carbons (Fsp3) is 0.136. The second kappa shape index (κ2) is 7.30. The van der Waals surface area contributed by atoms with E-state index in [0.29, 0.717) is 35.7 Å². The Labute approximate surface area is 157 Å². The van der Waals surface area contributed by atoms with Gasteiger partial charge in [-0.1, -0.05) is 18.2 Å². The minimum absolute atomic E-state index is 0.00340. The first-order valence-electron chi connectivity index (χ1n) is 8.72. The first-order chi connectivity index (χ1) is 13.2. The van der Waals surface area contributed by atoms with E-state index in [1.807, 2.05) is 29.2 Å². The molecule has 0 spiro atoms. The molecule has 2 heterocycles. The molecule has 0 aliphatic carbocycles. The third-order valence-corrected chi connectivity index (χ3v) is 4.55. The molecule has 0 unspecified atom stereocenters. The van der Waals surface area contributed by atoms with Gasteiger partial charge in [-0.25, -0.2) is 0 Å². The lowest BCUT2D eigenvalue weighted by Gasteiger charge is -2.28. The van der Waals surface area contributed by atoms with Crippen molar-refractivity contribution in [1.29, 1.82) is 5.26 Å². The third-order valence-electron chi connectivity index (χ3n) is 4.55. The fourth-order valence-corrected chi connectivity index (χ4v) is 3.19. The number of pyridine rings is 1. The van der Waals surface area contributed by atoms with Crippen LogP contribution in [0.1, 0.15) is 27.0 Å². The number of hydrogen-bond acceptors (Lipinski definition) is 4. The summed E-state index contributed by atoms with van der Waals surface area (Å²) in [6.07, 6.45) is 4.32. The minimum Gasteiger partial charge on any atom is -0.457 e. The molecule has 1 amide bonds. The summed E-state index contributed by atoms with van der Waals surface area (Å²) in [5.74, 6) is 1.15. The van der Waals surface area contributed by atoms with Gasteiger partial charge in [0.15, 0.2) is 0 Å². The lowest BCUT2D eigenvalue weighted by Crippen LogP contribution is -2.37. The molecule has 0 saturated heterocycles. The summed E-state index contributed by atoms with van der Waals surface area (Å²) >= 11 is 0. The number of fused-ring (bicyclic) bond motifs is 1. The number of benzene rings is 2. The molecule has 5 nitrogen and oxygen atoms in total. The second-order valence-corrected chi connectivity index (χ2v) is 6.40. The lowest BCUT2D eigenvalue weighted by molar-refractivity contribution is 0.0726. The van der Waals surface area contributed by atoms with Crippen LogP contribution in [0.5, 0.6) is 11.5 Å². The van der Waals surface area contributed by atoms with E-state index in [1.165, 1.54) is 0 Å². The van der Waals surface area contributed by atoms with Gasteiger partial charge >= 0.3 is 0 Å². The van der Waals surface area contributed by atoms with Crippen LogP contribution in [0.3, 0.4) is 0 Å². The molecule has 0 bridgehead atoms. The third kappa shape index (κ3) is 3.65. The van der Waals surface area contributed by atoms with Crippen molar-refractivity contribution >= 4 is 5.91 Å². The Bertz CT molecular complexity index is 1030.